The molecule has 0 N–H and O–H groups in total. The average Bonchev–Trinajstić information content (AvgIpc) is 2.72. The van der Waals surface area contributed by atoms with Crippen LogP contribution in [0.1, 0.15) is 45.4 Å². The molecule has 0 aromatic heterocycles. The van der Waals surface area contributed by atoms with Crippen molar-refractivity contribution >= 4 is 11.6 Å². The lowest BCUT2D eigenvalue weighted by Gasteiger charge is -2.13. The third-order valence-corrected chi connectivity index (χ3v) is 2.91. The number of ketones is 2. The second kappa shape index (κ2) is 6.57. The number of Topliss-reactive ketones (excluding diaryl/α,β-unsaturated/α-hetero) is 1. The van der Waals surface area contributed by atoms with Gasteiger partial charge in [-0.05, 0) is 18.1 Å². The second-order valence-corrected chi connectivity index (χ2v) is 4.54. The van der Waals surface area contributed by atoms with Crippen molar-refractivity contribution in [3.05, 3.63) is 23.8 Å². The number of alkyl halides is 2. The summed E-state index contributed by atoms with van der Waals surface area (Å²) in [5.74, 6) is -4.35. The molecule has 0 heterocycles. The van der Waals surface area contributed by atoms with Crippen molar-refractivity contribution in [2.24, 2.45) is 0 Å². The largest absolute Gasteiger partial charge is 0.305 e. The van der Waals surface area contributed by atoms with Crippen LogP contribution in [-0.4, -0.2) is 17.5 Å². The van der Waals surface area contributed by atoms with E-state index in [0.29, 0.717) is 18.4 Å². The van der Waals surface area contributed by atoms with E-state index in [1.807, 2.05) is 6.92 Å². The van der Waals surface area contributed by atoms with Crippen LogP contribution in [0, 0.1) is 0 Å². The first-order valence-corrected chi connectivity index (χ1v) is 6.27. The minimum atomic E-state index is -3.24. The lowest BCUT2D eigenvalue weighted by Crippen LogP contribution is -2.27. The first-order chi connectivity index (χ1) is 8.45. The van der Waals surface area contributed by atoms with Gasteiger partial charge in [0.1, 0.15) is 0 Å². The molecule has 0 saturated heterocycles. The van der Waals surface area contributed by atoms with Gasteiger partial charge in [0.25, 0.3) is 0 Å². The van der Waals surface area contributed by atoms with Crippen LogP contribution >= 0.6 is 0 Å². The van der Waals surface area contributed by atoms with Crippen molar-refractivity contribution in [2.45, 2.75) is 51.4 Å². The van der Waals surface area contributed by atoms with Gasteiger partial charge in [0.15, 0.2) is 5.78 Å². The number of hydrogen-bond donors (Lipinski definition) is 0. The Morgan fingerprint density at radius 3 is 2.67 bits per heavy atom. The Hall–Kier alpha value is -1.32. The fraction of sp³-hybridized carbons (Fsp3) is 0.571. The van der Waals surface area contributed by atoms with Crippen molar-refractivity contribution < 1.29 is 18.4 Å². The van der Waals surface area contributed by atoms with Crippen LogP contribution in [-0.2, 0) is 9.59 Å². The summed E-state index contributed by atoms with van der Waals surface area (Å²) in [5, 5.41) is 0. The normalized spacial score (nSPS) is 17.7. The molecule has 0 atom stereocenters. The van der Waals surface area contributed by atoms with Gasteiger partial charge in [-0.3, -0.25) is 9.59 Å². The Labute approximate surface area is 106 Å². The number of rotatable bonds is 7. The van der Waals surface area contributed by atoms with E-state index in [9.17, 15) is 18.4 Å². The van der Waals surface area contributed by atoms with Crippen LogP contribution in [0.5, 0.6) is 0 Å². The molecule has 0 unspecified atom stereocenters. The molecule has 0 aliphatic heterocycles. The highest BCUT2D eigenvalue weighted by Gasteiger charge is 2.36. The Bertz CT molecular complexity index is 381. The lowest BCUT2D eigenvalue weighted by molar-refractivity contribution is -0.143. The molecule has 1 rings (SSSR count). The van der Waals surface area contributed by atoms with E-state index >= 15 is 0 Å². The third-order valence-electron chi connectivity index (χ3n) is 2.91. The van der Waals surface area contributed by atoms with Gasteiger partial charge >= 0.3 is 5.92 Å². The molecule has 1 aliphatic carbocycles. The minimum absolute atomic E-state index is 0.0524. The summed E-state index contributed by atoms with van der Waals surface area (Å²) < 4.78 is 26.9. The molecule has 2 nitrogen and oxygen atoms in total. The van der Waals surface area contributed by atoms with Gasteiger partial charge in [-0.15, -0.1) is 0 Å². The molecule has 0 radical (unpaired) electrons. The number of allylic oxidation sites excluding steroid dienone is 4. The van der Waals surface area contributed by atoms with Crippen molar-refractivity contribution in [3.8, 4) is 0 Å². The Balaban J connectivity index is 2.44. The van der Waals surface area contributed by atoms with Crippen molar-refractivity contribution in [1.29, 1.82) is 0 Å². The van der Waals surface area contributed by atoms with E-state index in [4.69, 9.17) is 0 Å². The first-order valence-electron chi connectivity index (χ1n) is 6.27. The van der Waals surface area contributed by atoms with Gasteiger partial charge in [-0.25, -0.2) is 0 Å². The molecular formula is C14H18F2O2. The van der Waals surface area contributed by atoms with E-state index in [0.717, 1.165) is 6.42 Å². The zero-order chi connectivity index (χ0) is 13.6. The highest BCUT2D eigenvalue weighted by atomic mass is 19.3. The number of unbranched alkanes of at least 4 members (excludes halogenated alkanes) is 2. The molecule has 0 amide bonds. The maximum absolute atomic E-state index is 13.4. The minimum Gasteiger partial charge on any atom is -0.294 e. The summed E-state index contributed by atoms with van der Waals surface area (Å²) in [5.41, 5.74) is 0.651. The summed E-state index contributed by atoms with van der Waals surface area (Å²) in [7, 11) is 0. The van der Waals surface area contributed by atoms with E-state index in [-0.39, 0.29) is 25.0 Å². The summed E-state index contributed by atoms with van der Waals surface area (Å²) in [6.07, 6.45) is 5.86. The van der Waals surface area contributed by atoms with Crippen molar-refractivity contribution in [3.63, 3.8) is 0 Å². The topological polar surface area (TPSA) is 34.1 Å². The highest BCUT2D eigenvalue weighted by Crippen LogP contribution is 2.25. The molecule has 100 valence electrons. The molecule has 4 heteroatoms. The van der Waals surface area contributed by atoms with Gasteiger partial charge in [0.2, 0.25) is 5.78 Å². The lowest BCUT2D eigenvalue weighted by atomic mass is 10.0. The van der Waals surface area contributed by atoms with E-state index in [1.165, 1.54) is 12.2 Å². The smallest absolute Gasteiger partial charge is 0.294 e. The summed E-state index contributed by atoms with van der Waals surface area (Å²) in [6.45, 7) is 1.92. The zero-order valence-electron chi connectivity index (χ0n) is 10.5. The fourth-order valence-corrected chi connectivity index (χ4v) is 1.77. The standard InChI is InChI=1S/C14H18F2O2/c1-2-3-4-9-14(15,16)13(18)8-6-11-5-7-12(17)10-11/h5-7H,2-4,8-10H2,1H3/b11-6-. The van der Waals surface area contributed by atoms with Crippen LogP contribution in [0.25, 0.3) is 0 Å². The Morgan fingerprint density at radius 1 is 1.39 bits per heavy atom. The maximum Gasteiger partial charge on any atom is 0.305 e. The molecule has 0 bridgehead atoms. The predicted molar refractivity (Wildman–Crippen MR) is 65.6 cm³/mol. The highest BCUT2D eigenvalue weighted by molar-refractivity contribution is 5.96. The molecular weight excluding hydrogens is 238 g/mol. The first kappa shape index (κ1) is 14.7. The van der Waals surface area contributed by atoms with Crippen molar-refractivity contribution in [2.75, 3.05) is 0 Å². The fourth-order valence-electron chi connectivity index (χ4n) is 1.77. The van der Waals surface area contributed by atoms with Gasteiger partial charge in [-0.1, -0.05) is 31.9 Å². The van der Waals surface area contributed by atoms with Crippen LogP contribution in [0.3, 0.4) is 0 Å². The third kappa shape index (κ3) is 4.51. The quantitative estimate of drug-likeness (QED) is 0.652. The zero-order valence-corrected chi connectivity index (χ0v) is 10.5. The Kier molecular flexibility index (Phi) is 5.38. The molecule has 0 aromatic rings. The molecule has 0 fully saturated rings. The molecule has 18 heavy (non-hydrogen) atoms. The summed E-state index contributed by atoms with van der Waals surface area (Å²) >= 11 is 0. The van der Waals surface area contributed by atoms with E-state index in [2.05, 4.69) is 0 Å². The monoisotopic (exact) mass is 256 g/mol. The predicted octanol–water partition coefficient (Wildman–Crippen LogP) is 3.62. The van der Waals surface area contributed by atoms with Crippen LogP contribution in [0.2, 0.25) is 0 Å². The van der Waals surface area contributed by atoms with Gasteiger partial charge < -0.3 is 0 Å². The molecule has 0 aromatic carbocycles. The van der Waals surface area contributed by atoms with Crippen molar-refractivity contribution in [1.82, 2.24) is 0 Å². The molecule has 0 spiro atoms. The number of hydrogen-bond acceptors (Lipinski definition) is 2. The number of carbonyl (C=O) groups is 2. The second-order valence-electron chi connectivity index (χ2n) is 4.54. The van der Waals surface area contributed by atoms with Gasteiger partial charge in [0, 0.05) is 19.3 Å². The summed E-state index contributed by atoms with van der Waals surface area (Å²) in [4.78, 5) is 22.3. The number of carbonyl (C=O) groups excluding carboxylic acids is 2. The van der Waals surface area contributed by atoms with Gasteiger partial charge in [-0.2, -0.15) is 8.78 Å². The van der Waals surface area contributed by atoms with Crippen LogP contribution in [0.4, 0.5) is 8.78 Å². The van der Waals surface area contributed by atoms with Gasteiger partial charge in [0.05, 0.1) is 0 Å². The molecule has 1 aliphatic rings. The SMILES string of the molecule is CCCCCC(F)(F)C(=O)C/C=C1/C=CC(=O)C1. The number of halogens is 2. The van der Waals surface area contributed by atoms with E-state index in [1.54, 1.807) is 6.08 Å². The molecule has 0 saturated carbocycles. The van der Waals surface area contributed by atoms with Crippen LogP contribution in [0.15, 0.2) is 23.8 Å². The van der Waals surface area contributed by atoms with E-state index < -0.39 is 11.7 Å². The Morgan fingerprint density at radius 2 is 2.11 bits per heavy atom. The van der Waals surface area contributed by atoms with Crippen LogP contribution < -0.4 is 0 Å². The average molecular weight is 256 g/mol. The summed E-state index contributed by atoms with van der Waals surface area (Å²) in [6, 6.07) is 0. The maximum atomic E-state index is 13.4.